The fourth-order valence-corrected chi connectivity index (χ4v) is 1.45. The summed E-state index contributed by atoms with van der Waals surface area (Å²) < 4.78 is 5.46. The molecule has 1 aliphatic rings. The third-order valence-corrected chi connectivity index (χ3v) is 3.09. The Bertz CT molecular complexity index is 152. The molecular weight excluding hydrogens is 162 g/mol. The molecule has 1 fully saturated rings. The van der Waals surface area contributed by atoms with Crippen LogP contribution in [0.1, 0.15) is 40.5 Å². The van der Waals surface area contributed by atoms with E-state index in [4.69, 9.17) is 4.74 Å². The van der Waals surface area contributed by atoms with Crippen LogP contribution in [0.3, 0.4) is 0 Å². The quantitative estimate of drug-likeness (QED) is 0.640. The summed E-state index contributed by atoms with van der Waals surface area (Å²) in [6, 6.07) is 0.642. The van der Waals surface area contributed by atoms with Crippen LogP contribution in [0.5, 0.6) is 0 Å². The summed E-state index contributed by atoms with van der Waals surface area (Å²) in [7, 11) is 0. The third kappa shape index (κ3) is 3.65. The molecule has 1 saturated carbocycles. The summed E-state index contributed by atoms with van der Waals surface area (Å²) in [5.74, 6) is 0. The predicted octanol–water partition coefficient (Wildman–Crippen LogP) is 2.19. The second-order valence-electron chi connectivity index (χ2n) is 4.75. The maximum atomic E-state index is 5.46. The van der Waals surface area contributed by atoms with E-state index < -0.39 is 0 Å². The third-order valence-electron chi connectivity index (χ3n) is 3.09. The van der Waals surface area contributed by atoms with E-state index >= 15 is 0 Å². The molecule has 0 aromatic heterocycles. The van der Waals surface area contributed by atoms with Crippen LogP contribution < -0.4 is 5.32 Å². The molecule has 0 radical (unpaired) electrons. The first-order chi connectivity index (χ1) is 6.04. The van der Waals surface area contributed by atoms with Crippen LogP contribution in [0.4, 0.5) is 0 Å². The lowest BCUT2D eigenvalue weighted by Gasteiger charge is -2.20. The molecule has 1 rings (SSSR count). The van der Waals surface area contributed by atoms with Gasteiger partial charge < -0.3 is 10.1 Å². The Balaban J connectivity index is 1.99. The van der Waals surface area contributed by atoms with Gasteiger partial charge in [-0.2, -0.15) is 0 Å². The van der Waals surface area contributed by atoms with E-state index in [-0.39, 0.29) is 0 Å². The number of nitrogens with one attached hydrogen (secondary N) is 1. The Morgan fingerprint density at radius 2 is 1.92 bits per heavy atom. The Hall–Kier alpha value is -0.0800. The molecule has 78 valence electrons. The van der Waals surface area contributed by atoms with Crippen LogP contribution in [-0.2, 0) is 4.74 Å². The average molecular weight is 185 g/mol. The van der Waals surface area contributed by atoms with E-state index in [1.165, 1.54) is 12.8 Å². The smallest absolute Gasteiger partial charge is 0.0594 e. The van der Waals surface area contributed by atoms with Crippen molar-refractivity contribution in [2.24, 2.45) is 5.41 Å². The fourth-order valence-electron chi connectivity index (χ4n) is 1.45. The van der Waals surface area contributed by atoms with Crippen molar-refractivity contribution in [3.63, 3.8) is 0 Å². The lowest BCUT2D eigenvalue weighted by atomic mass is 10.0. The molecule has 0 aliphatic heterocycles. The van der Waals surface area contributed by atoms with Crippen LogP contribution in [0.15, 0.2) is 0 Å². The topological polar surface area (TPSA) is 21.3 Å². The van der Waals surface area contributed by atoms with Gasteiger partial charge in [-0.15, -0.1) is 0 Å². The van der Waals surface area contributed by atoms with Crippen molar-refractivity contribution in [1.82, 2.24) is 5.32 Å². The summed E-state index contributed by atoms with van der Waals surface area (Å²) in [5.41, 5.74) is 0.581. The molecule has 2 heteroatoms. The highest BCUT2D eigenvalue weighted by Crippen LogP contribution is 2.47. The van der Waals surface area contributed by atoms with Gasteiger partial charge in [-0.1, -0.05) is 6.92 Å². The highest BCUT2D eigenvalue weighted by atomic mass is 16.5. The number of rotatable bonds is 6. The SMILES string of the molecule is CC(C)OCCNC(C)C1(C)CC1. The molecule has 1 aliphatic carbocycles. The van der Waals surface area contributed by atoms with Crippen molar-refractivity contribution in [3.8, 4) is 0 Å². The van der Waals surface area contributed by atoms with E-state index in [0.29, 0.717) is 17.6 Å². The van der Waals surface area contributed by atoms with Crippen LogP contribution in [-0.4, -0.2) is 25.3 Å². The Morgan fingerprint density at radius 1 is 1.31 bits per heavy atom. The molecule has 1 unspecified atom stereocenters. The van der Waals surface area contributed by atoms with Crippen molar-refractivity contribution < 1.29 is 4.74 Å². The standard InChI is InChI=1S/C11H23NO/c1-9(2)13-8-7-12-10(3)11(4)5-6-11/h9-10,12H,5-8H2,1-4H3. The molecule has 0 spiro atoms. The van der Waals surface area contributed by atoms with Gasteiger partial charge in [0.1, 0.15) is 0 Å². The van der Waals surface area contributed by atoms with Gasteiger partial charge in [0.2, 0.25) is 0 Å². The molecule has 13 heavy (non-hydrogen) atoms. The van der Waals surface area contributed by atoms with Crippen LogP contribution in [0, 0.1) is 5.41 Å². The zero-order valence-electron chi connectivity index (χ0n) is 9.39. The number of ether oxygens (including phenoxy) is 1. The highest BCUT2D eigenvalue weighted by molar-refractivity contribution is 4.96. The van der Waals surface area contributed by atoms with Crippen molar-refractivity contribution in [3.05, 3.63) is 0 Å². The van der Waals surface area contributed by atoms with E-state index in [2.05, 4.69) is 33.0 Å². The minimum absolute atomic E-state index is 0.355. The van der Waals surface area contributed by atoms with Crippen LogP contribution in [0.25, 0.3) is 0 Å². The average Bonchev–Trinajstić information content (AvgIpc) is 2.78. The zero-order chi connectivity index (χ0) is 9.90. The zero-order valence-corrected chi connectivity index (χ0v) is 9.39. The van der Waals surface area contributed by atoms with Crippen molar-refractivity contribution in [1.29, 1.82) is 0 Å². The van der Waals surface area contributed by atoms with Gasteiger partial charge in [0.15, 0.2) is 0 Å². The molecule has 0 aromatic carbocycles. The van der Waals surface area contributed by atoms with E-state index in [1.807, 2.05) is 0 Å². The van der Waals surface area contributed by atoms with E-state index in [0.717, 1.165) is 13.2 Å². The first-order valence-corrected chi connectivity index (χ1v) is 5.39. The monoisotopic (exact) mass is 185 g/mol. The van der Waals surface area contributed by atoms with Crippen molar-refractivity contribution >= 4 is 0 Å². The Kier molecular flexibility index (Phi) is 3.74. The molecule has 0 aromatic rings. The number of hydrogen-bond donors (Lipinski definition) is 1. The summed E-state index contributed by atoms with van der Waals surface area (Å²) >= 11 is 0. The molecular formula is C11H23NO. The van der Waals surface area contributed by atoms with Crippen LogP contribution >= 0.6 is 0 Å². The van der Waals surface area contributed by atoms with Gasteiger partial charge in [-0.3, -0.25) is 0 Å². The molecule has 0 saturated heterocycles. The largest absolute Gasteiger partial charge is 0.377 e. The molecule has 2 nitrogen and oxygen atoms in total. The summed E-state index contributed by atoms with van der Waals surface area (Å²) in [6.07, 6.45) is 3.12. The van der Waals surface area contributed by atoms with Crippen molar-refractivity contribution in [2.75, 3.05) is 13.2 Å². The lowest BCUT2D eigenvalue weighted by molar-refractivity contribution is 0.0783. The molecule has 1 atom stereocenters. The maximum absolute atomic E-state index is 5.46. The summed E-state index contributed by atoms with van der Waals surface area (Å²) in [6.45, 7) is 10.6. The summed E-state index contributed by atoms with van der Waals surface area (Å²) in [4.78, 5) is 0. The normalized spacial score (nSPS) is 21.9. The minimum Gasteiger partial charge on any atom is -0.377 e. The fraction of sp³-hybridized carbons (Fsp3) is 1.00. The van der Waals surface area contributed by atoms with Gasteiger partial charge in [0.25, 0.3) is 0 Å². The number of hydrogen-bond acceptors (Lipinski definition) is 2. The Labute approximate surface area is 82.0 Å². The molecule has 0 amide bonds. The predicted molar refractivity (Wildman–Crippen MR) is 55.9 cm³/mol. The first-order valence-electron chi connectivity index (χ1n) is 5.39. The second kappa shape index (κ2) is 4.43. The highest BCUT2D eigenvalue weighted by Gasteiger charge is 2.41. The van der Waals surface area contributed by atoms with E-state index in [9.17, 15) is 0 Å². The molecule has 1 N–H and O–H groups in total. The van der Waals surface area contributed by atoms with Gasteiger partial charge in [-0.05, 0) is 39.0 Å². The first kappa shape index (κ1) is 11.0. The molecule has 0 heterocycles. The second-order valence-corrected chi connectivity index (χ2v) is 4.75. The van der Waals surface area contributed by atoms with Gasteiger partial charge in [0.05, 0.1) is 12.7 Å². The van der Waals surface area contributed by atoms with Crippen molar-refractivity contribution in [2.45, 2.75) is 52.7 Å². The summed E-state index contributed by atoms with van der Waals surface area (Å²) in [5, 5.41) is 3.52. The van der Waals surface area contributed by atoms with E-state index in [1.54, 1.807) is 0 Å². The Morgan fingerprint density at radius 3 is 2.38 bits per heavy atom. The van der Waals surface area contributed by atoms with Crippen LogP contribution in [0.2, 0.25) is 0 Å². The van der Waals surface area contributed by atoms with Gasteiger partial charge >= 0.3 is 0 Å². The lowest BCUT2D eigenvalue weighted by Crippen LogP contribution is -2.35. The van der Waals surface area contributed by atoms with Gasteiger partial charge in [0, 0.05) is 12.6 Å². The molecule has 0 bridgehead atoms. The minimum atomic E-state index is 0.355. The maximum Gasteiger partial charge on any atom is 0.0594 e. The van der Waals surface area contributed by atoms with Gasteiger partial charge in [-0.25, -0.2) is 0 Å².